The zero-order valence-electron chi connectivity index (χ0n) is 57.6. The number of allylic oxidation sites excluding steroid dienone is 4. The number of hydrogen-bond donors (Lipinski definition) is 0. The van der Waals surface area contributed by atoms with E-state index >= 15 is 9.59 Å². The molecule has 0 amide bonds. The molecule has 20 rings (SSSR count). The number of carbonyl (C=O) groups is 2. The number of aryl methyl sites for hydroxylation is 4. The Morgan fingerprint density at radius 3 is 0.857 bits per heavy atom. The molecule has 0 N–H and O–H groups in total. The molecule has 2 saturated carbocycles. The van der Waals surface area contributed by atoms with Gasteiger partial charge in [0.1, 0.15) is 0 Å². The third kappa shape index (κ3) is 11.1. The summed E-state index contributed by atoms with van der Waals surface area (Å²) < 4.78 is 0. The quantitative estimate of drug-likeness (QED) is 0.135. The second-order valence-corrected chi connectivity index (χ2v) is 28.7. The van der Waals surface area contributed by atoms with Crippen molar-refractivity contribution < 1.29 is 42.6 Å². The minimum Gasteiger partial charge on any atom is -0.657 e. The summed E-state index contributed by atoms with van der Waals surface area (Å²) in [6.45, 7) is 8.38. The van der Waals surface area contributed by atoms with Gasteiger partial charge in [-0.3, -0.25) is 9.59 Å². The summed E-state index contributed by atoms with van der Waals surface area (Å²) in [5.74, 6) is -0.0117. The summed E-state index contributed by atoms with van der Waals surface area (Å²) in [4.78, 5) is 72.9. The maximum absolute atomic E-state index is 15.2. The summed E-state index contributed by atoms with van der Waals surface area (Å²) in [5.41, 5.74) is 32.1. The molecule has 0 radical (unpaired) electrons. The fourth-order valence-electron chi connectivity index (χ4n) is 17.4. The van der Waals surface area contributed by atoms with Gasteiger partial charge in [0.05, 0.1) is 45.6 Å². The minimum absolute atomic E-state index is 0. The Bertz CT molecular complexity index is 5770. The first-order chi connectivity index (χ1) is 50.4. The Morgan fingerprint density at radius 1 is 0.286 bits per heavy atom. The molecule has 10 heterocycles. The van der Waals surface area contributed by atoms with E-state index in [1.165, 1.54) is 22.3 Å². The van der Waals surface area contributed by atoms with Gasteiger partial charge in [-0.15, -0.1) is 44.1 Å². The van der Waals surface area contributed by atoms with E-state index in [1.807, 2.05) is 36.4 Å². The Hall–Kier alpha value is -11.7. The van der Waals surface area contributed by atoms with Crippen LogP contribution in [0.1, 0.15) is 85.4 Å². The van der Waals surface area contributed by atoms with E-state index in [9.17, 15) is 0 Å². The van der Waals surface area contributed by atoms with Crippen molar-refractivity contribution in [3.8, 4) is 66.8 Å². The van der Waals surface area contributed by atoms with Crippen molar-refractivity contribution in [1.29, 1.82) is 0 Å². The molecule has 2 fully saturated rings. The van der Waals surface area contributed by atoms with Gasteiger partial charge in [0, 0.05) is 23.0 Å². The van der Waals surface area contributed by atoms with E-state index in [1.54, 1.807) is 0 Å². The smallest absolute Gasteiger partial charge is 0.657 e. The van der Waals surface area contributed by atoms with Crippen LogP contribution < -0.4 is 19.9 Å². The summed E-state index contributed by atoms with van der Waals surface area (Å²) in [7, 11) is 0. The Labute approximate surface area is 627 Å². The zero-order chi connectivity index (χ0) is 68.9. The summed E-state index contributed by atoms with van der Waals surface area (Å²) in [6.07, 6.45) is 21.9. The number of carbonyl (C=O) groups excluding carboxylic acids is 2. The Kier molecular flexibility index (Phi) is 16.0. The molecular weight excluding hydrogens is 1380 g/mol. The van der Waals surface area contributed by atoms with Crippen LogP contribution in [0.4, 0.5) is 0 Å². The van der Waals surface area contributed by atoms with E-state index < -0.39 is 0 Å². The standard InChI is InChI=1S/C93H64N8O2.2Ni/c1-50-5-13-56(14-6-50)84-72-33-29-62(94-72)45-63-30-34-73(95-63)85(57-15-7-51(2)8-16-57)77-38-42-81(99-77)88(80-41-37-76(84)98-80)60-25-21-54(22-26-60)66-47-69-68-49-71(90(69)92(66)102)91-70(68)48-67(93(91)103)55-23-27-61(28-24-55)89-82-43-39-78(100-82)86(58-17-9-52(3)10-18-58)74-35-31-64(96-74)46-65-32-36-75(97-65)87(79-40-44-83(89)101-79)59-19-11-53(4)12-20-59;;/h5-48,68-71,90-91H,49H2,1-4H3;;/q-4;2*+2. The van der Waals surface area contributed by atoms with Crippen LogP contribution in [0.5, 0.6) is 0 Å². The van der Waals surface area contributed by atoms with Crippen LogP contribution in [0.3, 0.4) is 0 Å². The van der Waals surface area contributed by atoms with Gasteiger partial charge in [0.25, 0.3) is 0 Å². The van der Waals surface area contributed by atoms with E-state index in [0.717, 1.165) is 185 Å². The Balaban J connectivity index is 0.00000392. The summed E-state index contributed by atoms with van der Waals surface area (Å²) >= 11 is 0. The average molecular weight is 1440 g/mol. The molecular formula is C93H64N8Ni2O2. The van der Waals surface area contributed by atoms with E-state index in [4.69, 9.17) is 39.9 Å². The average Bonchev–Trinajstić information content (AvgIpc) is 1.53. The SMILES string of the molecule is Cc1ccc(-c2c3nc(c(-c4ccc(C5=CC6C7CC(C6C5=O)C5C(=O)C(c6ccc(-c8c9nc(c(-c%10ccc(C)cc%10)c%10ccc(cc%11nc(c(-c%12ccc(C)cc%12)c%12ccc8[n-]%12)C=C%11)[n-]%10)C=C9)cc6)=CC75)cc4)c4ccc([n-]4)c(-c4ccc(C)cc4)c4nc(cc5ccc2[n-]5)C=C4)C=C3)cc1.[Ni+2].[Ni+2]. The van der Waals surface area contributed by atoms with Crippen molar-refractivity contribution in [2.75, 3.05) is 0 Å². The maximum Gasteiger partial charge on any atom is 2.00 e. The zero-order valence-corrected chi connectivity index (χ0v) is 59.6. The molecule has 4 atom stereocenters. The number of fused-ring (bicyclic) bond motifs is 24. The summed E-state index contributed by atoms with van der Waals surface area (Å²) in [5, 5.41) is 0. The Morgan fingerprint density at radius 2 is 0.543 bits per heavy atom. The first-order valence-corrected chi connectivity index (χ1v) is 35.5. The minimum atomic E-state index is -0.248. The first kappa shape index (κ1) is 65.4. The number of Topliss-reactive ketones (excluding diaryl/α,β-unsaturated/α-hetero) is 2. The van der Waals surface area contributed by atoms with Crippen molar-refractivity contribution in [3.63, 3.8) is 0 Å². The van der Waals surface area contributed by atoms with Gasteiger partial charge in [-0.05, 0) is 184 Å². The monoisotopic (exact) mass is 1440 g/mol. The molecule has 105 heavy (non-hydrogen) atoms. The van der Waals surface area contributed by atoms with Crippen LogP contribution in [-0.2, 0) is 42.6 Å². The first-order valence-electron chi connectivity index (χ1n) is 35.5. The fourth-order valence-corrected chi connectivity index (χ4v) is 17.4. The van der Waals surface area contributed by atoms with E-state index in [0.29, 0.717) is 0 Å². The number of ketones is 2. The van der Waals surface area contributed by atoms with Gasteiger partial charge < -0.3 is 19.9 Å². The van der Waals surface area contributed by atoms with Crippen LogP contribution in [0, 0.1) is 63.2 Å². The van der Waals surface area contributed by atoms with Gasteiger partial charge in [-0.2, -0.15) is 0 Å². The molecule has 6 aromatic carbocycles. The molecule has 10 nitrogen and oxygen atoms in total. The molecule has 4 aliphatic heterocycles. The third-order valence-corrected chi connectivity index (χ3v) is 22.3. The van der Waals surface area contributed by atoms with Crippen molar-refractivity contribution >= 4 is 115 Å². The number of aromatic nitrogens is 8. The topological polar surface area (TPSA) is 142 Å². The predicted octanol–water partition coefficient (Wildman–Crippen LogP) is 20.1. The van der Waals surface area contributed by atoms with E-state index in [2.05, 4.69) is 258 Å². The van der Waals surface area contributed by atoms with Crippen LogP contribution in [0.2, 0.25) is 0 Å². The van der Waals surface area contributed by atoms with Crippen LogP contribution in [0.25, 0.3) is 171 Å². The molecule has 4 aliphatic carbocycles. The normalized spacial score (nSPS) is 18.5. The number of benzene rings is 6. The fraction of sp³-hybridized carbons (Fsp3) is 0.118. The molecule has 12 aromatic rings. The molecule has 4 unspecified atom stereocenters. The van der Waals surface area contributed by atoms with Gasteiger partial charge in [0.15, 0.2) is 11.6 Å². The molecule has 8 aliphatic rings. The number of rotatable bonds is 8. The number of hydrogen-bond acceptors (Lipinski definition) is 6. The molecule has 6 aromatic heterocycles. The van der Waals surface area contributed by atoms with Crippen molar-refractivity contribution in [1.82, 2.24) is 39.9 Å². The molecule has 508 valence electrons. The molecule has 18 bridgehead atoms. The molecule has 12 heteroatoms. The van der Waals surface area contributed by atoms with Gasteiger partial charge in [-0.1, -0.05) is 241 Å². The van der Waals surface area contributed by atoms with Crippen LogP contribution >= 0.6 is 0 Å². The second kappa shape index (κ2) is 25.6. The second-order valence-electron chi connectivity index (χ2n) is 28.7. The molecule has 0 spiro atoms. The maximum atomic E-state index is 15.2. The number of nitrogens with zero attached hydrogens (tertiary/aromatic N) is 8. The van der Waals surface area contributed by atoms with Gasteiger partial charge in [0.2, 0.25) is 0 Å². The van der Waals surface area contributed by atoms with E-state index in [-0.39, 0.29) is 80.1 Å². The van der Waals surface area contributed by atoms with Crippen LogP contribution in [0.15, 0.2) is 218 Å². The van der Waals surface area contributed by atoms with Crippen molar-refractivity contribution in [2.24, 2.45) is 35.5 Å². The van der Waals surface area contributed by atoms with Crippen molar-refractivity contribution in [3.05, 3.63) is 297 Å². The third-order valence-electron chi connectivity index (χ3n) is 22.3. The van der Waals surface area contributed by atoms with Crippen LogP contribution in [-0.4, -0.2) is 31.5 Å². The summed E-state index contributed by atoms with van der Waals surface area (Å²) in [6, 6.07) is 71.5. The van der Waals surface area contributed by atoms with Gasteiger partial charge in [-0.25, -0.2) is 19.9 Å². The largest absolute Gasteiger partial charge is 2.00 e. The van der Waals surface area contributed by atoms with Gasteiger partial charge >= 0.3 is 33.0 Å². The predicted molar refractivity (Wildman–Crippen MR) is 417 cm³/mol. The van der Waals surface area contributed by atoms with Crippen molar-refractivity contribution in [2.45, 2.75) is 34.1 Å². The molecule has 0 saturated heterocycles.